The molecule has 0 aliphatic carbocycles. The van der Waals surface area contributed by atoms with Crippen LogP contribution in [0.1, 0.15) is 5.56 Å². The van der Waals surface area contributed by atoms with Crippen LogP contribution in [0.4, 0.5) is 11.4 Å². The van der Waals surface area contributed by atoms with Crippen LogP contribution in [-0.2, 0) is 6.54 Å². The van der Waals surface area contributed by atoms with E-state index in [1.807, 2.05) is 30.3 Å². The highest BCUT2D eigenvalue weighted by molar-refractivity contribution is 6.13. The molecule has 2 aromatic heterocycles. The summed E-state index contributed by atoms with van der Waals surface area (Å²) < 4.78 is 4.78. The second kappa shape index (κ2) is 13.1. The van der Waals surface area contributed by atoms with Gasteiger partial charge in [0.25, 0.3) is 0 Å². The zero-order valence-electron chi connectivity index (χ0n) is 29.6. The Morgan fingerprint density at radius 3 is 1.74 bits per heavy atom. The third-order valence-corrected chi connectivity index (χ3v) is 10.6. The molecular weight excluding hydrogens is 657 g/mol. The first-order chi connectivity index (χ1) is 26.7. The summed E-state index contributed by atoms with van der Waals surface area (Å²) in [5.74, 6) is 0. The Labute approximate surface area is 313 Å². The molecule has 2 heterocycles. The maximum absolute atomic E-state index is 6.44. The Balaban J connectivity index is 1.16. The van der Waals surface area contributed by atoms with E-state index in [0.29, 0.717) is 12.2 Å². The molecule has 0 bridgehead atoms. The number of aromatic nitrogens is 2. The zero-order valence-corrected chi connectivity index (χ0v) is 29.6. The highest BCUT2D eigenvalue weighted by Crippen LogP contribution is 2.38. The topological polar surface area (TPSA) is 48.2 Å². The maximum atomic E-state index is 6.44. The summed E-state index contributed by atoms with van der Waals surface area (Å²) in [6, 6.07) is 68.9. The van der Waals surface area contributed by atoms with Crippen LogP contribution >= 0.6 is 0 Å². The van der Waals surface area contributed by atoms with E-state index >= 15 is 0 Å². The number of hydrogen-bond donors (Lipinski definition) is 1. The number of anilines is 1. The van der Waals surface area contributed by atoms with Crippen LogP contribution in [-0.4, -0.2) is 14.8 Å². The minimum Gasteiger partial charge on any atom is -0.397 e. The number of rotatable bonds is 7. The van der Waals surface area contributed by atoms with Crippen molar-refractivity contribution in [3.63, 3.8) is 0 Å². The van der Waals surface area contributed by atoms with Gasteiger partial charge in [0.15, 0.2) is 0 Å². The van der Waals surface area contributed by atoms with Crippen molar-refractivity contribution in [1.82, 2.24) is 9.13 Å². The predicted molar refractivity (Wildman–Crippen MR) is 228 cm³/mol. The third kappa shape index (κ3) is 5.44. The minimum atomic E-state index is 0.570. The number of benzene rings is 8. The van der Waals surface area contributed by atoms with Gasteiger partial charge in [-0.1, -0.05) is 133 Å². The number of nitrogens with two attached hydrogens (primary N) is 1. The van der Waals surface area contributed by atoms with E-state index in [9.17, 15) is 0 Å². The molecule has 0 saturated carbocycles. The van der Waals surface area contributed by atoms with Crippen LogP contribution in [0.25, 0.3) is 71.6 Å². The molecule has 0 radical (unpaired) electrons. The molecule has 2 N–H and O–H groups in total. The average Bonchev–Trinajstić information content (AvgIpc) is 3.73. The Bertz CT molecular complexity index is 3010. The quantitative estimate of drug-likeness (QED) is 0.131. The number of nitrogens with zero attached hydrogens (tertiary/aromatic N) is 3. The van der Waals surface area contributed by atoms with E-state index in [1.165, 1.54) is 54.8 Å². The number of aliphatic imine (C=N–C) groups is 1. The van der Waals surface area contributed by atoms with E-state index < -0.39 is 0 Å². The van der Waals surface area contributed by atoms with Crippen molar-refractivity contribution in [2.75, 3.05) is 5.73 Å². The van der Waals surface area contributed by atoms with Gasteiger partial charge >= 0.3 is 0 Å². The van der Waals surface area contributed by atoms with Gasteiger partial charge in [-0.3, -0.25) is 0 Å². The zero-order chi connectivity index (χ0) is 36.0. The molecule has 8 aromatic carbocycles. The van der Waals surface area contributed by atoms with E-state index in [-0.39, 0.29) is 0 Å². The lowest BCUT2D eigenvalue weighted by atomic mass is 9.99. The number of hydrogen-bond acceptors (Lipinski definition) is 2. The molecular formula is C50H36N4. The number of para-hydroxylation sites is 4. The summed E-state index contributed by atoms with van der Waals surface area (Å²) in [5, 5.41) is 4.91. The largest absolute Gasteiger partial charge is 0.397 e. The summed E-state index contributed by atoms with van der Waals surface area (Å²) in [6.07, 6.45) is 0. The van der Waals surface area contributed by atoms with E-state index in [0.717, 1.165) is 33.7 Å². The van der Waals surface area contributed by atoms with Gasteiger partial charge in [-0.25, -0.2) is 4.99 Å². The Kier molecular flexibility index (Phi) is 7.66. The second-order valence-corrected chi connectivity index (χ2v) is 13.8. The van der Waals surface area contributed by atoms with Crippen molar-refractivity contribution < 1.29 is 0 Å². The van der Waals surface area contributed by atoms with Crippen LogP contribution in [0.2, 0.25) is 0 Å². The van der Waals surface area contributed by atoms with E-state index in [4.69, 9.17) is 10.7 Å². The van der Waals surface area contributed by atoms with Gasteiger partial charge < -0.3 is 14.9 Å². The SMILES string of the molecule is Nc1ccccc1/N=C(\Cn1c2ccc(-c3ccc4c(c3)c3ccccc3n4-c3ccccc3)cc2c2ccc(-c3ccccc3)cc21)c1ccccc1. The Morgan fingerprint density at radius 2 is 0.981 bits per heavy atom. The monoisotopic (exact) mass is 692 g/mol. The van der Waals surface area contributed by atoms with Gasteiger partial charge in [-0.15, -0.1) is 0 Å². The minimum absolute atomic E-state index is 0.570. The normalized spacial score (nSPS) is 12.0. The van der Waals surface area contributed by atoms with Crippen LogP contribution in [0.15, 0.2) is 199 Å². The van der Waals surface area contributed by atoms with E-state index in [2.05, 4.69) is 173 Å². The molecule has 10 rings (SSSR count). The Hall–Kier alpha value is -7.17. The summed E-state index contributed by atoms with van der Waals surface area (Å²) in [4.78, 5) is 5.21. The molecule has 0 aliphatic heterocycles. The molecule has 0 aliphatic rings. The Morgan fingerprint density at radius 1 is 0.426 bits per heavy atom. The average molecular weight is 693 g/mol. The first-order valence-electron chi connectivity index (χ1n) is 18.4. The van der Waals surface area contributed by atoms with Crippen molar-refractivity contribution in [2.24, 2.45) is 4.99 Å². The predicted octanol–water partition coefficient (Wildman–Crippen LogP) is 12.6. The van der Waals surface area contributed by atoms with Crippen LogP contribution < -0.4 is 5.73 Å². The van der Waals surface area contributed by atoms with Crippen molar-refractivity contribution in [3.05, 3.63) is 200 Å². The van der Waals surface area contributed by atoms with Gasteiger partial charge in [0.1, 0.15) is 0 Å². The standard InChI is InChI=1S/C50H36N4/c51-44-21-11-12-22-45(44)52-46(35-16-6-2-7-17-35)33-53-47-28-25-36(30-42(47)41-27-24-38(32-50(41)53)34-14-4-1-5-15-34)37-26-29-49-43(31-37)40-20-10-13-23-48(40)54(49)39-18-8-3-9-19-39/h1-32H,33,51H2/b52-46+. The molecule has 0 amide bonds. The van der Waals surface area contributed by atoms with E-state index in [1.54, 1.807) is 0 Å². The van der Waals surface area contributed by atoms with Gasteiger partial charge in [-0.05, 0) is 88.5 Å². The fraction of sp³-hybridized carbons (Fsp3) is 0.0200. The van der Waals surface area contributed by atoms with Crippen LogP contribution in [0.3, 0.4) is 0 Å². The third-order valence-electron chi connectivity index (χ3n) is 10.6. The first kappa shape index (κ1) is 31.6. The second-order valence-electron chi connectivity index (χ2n) is 13.8. The molecule has 54 heavy (non-hydrogen) atoms. The van der Waals surface area contributed by atoms with Crippen LogP contribution in [0.5, 0.6) is 0 Å². The maximum Gasteiger partial charge on any atom is 0.0863 e. The lowest BCUT2D eigenvalue weighted by Gasteiger charge is -2.13. The van der Waals surface area contributed by atoms with Gasteiger partial charge in [0, 0.05) is 32.7 Å². The van der Waals surface area contributed by atoms with Gasteiger partial charge in [-0.2, -0.15) is 0 Å². The molecule has 4 nitrogen and oxygen atoms in total. The molecule has 256 valence electrons. The number of fused-ring (bicyclic) bond motifs is 6. The van der Waals surface area contributed by atoms with Crippen molar-refractivity contribution in [1.29, 1.82) is 0 Å². The van der Waals surface area contributed by atoms with Crippen molar-refractivity contribution in [2.45, 2.75) is 6.54 Å². The van der Waals surface area contributed by atoms with Crippen LogP contribution in [0, 0.1) is 0 Å². The first-order valence-corrected chi connectivity index (χ1v) is 18.4. The molecule has 0 atom stereocenters. The molecule has 0 fully saturated rings. The molecule has 0 saturated heterocycles. The smallest absolute Gasteiger partial charge is 0.0863 e. The van der Waals surface area contributed by atoms with Gasteiger partial charge in [0.05, 0.1) is 40.2 Å². The summed E-state index contributed by atoms with van der Waals surface area (Å²) in [6.45, 7) is 0.570. The summed E-state index contributed by atoms with van der Waals surface area (Å²) in [7, 11) is 0. The highest BCUT2D eigenvalue weighted by Gasteiger charge is 2.18. The molecule has 10 aromatic rings. The molecule has 0 unspecified atom stereocenters. The lowest BCUT2D eigenvalue weighted by Crippen LogP contribution is -2.11. The lowest BCUT2D eigenvalue weighted by molar-refractivity contribution is 0.934. The van der Waals surface area contributed by atoms with Crippen molar-refractivity contribution in [3.8, 4) is 27.9 Å². The fourth-order valence-corrected chi connectivity index (χ4v) is 7.97. The highest BCUT2D eigenvalue weighted by atomic mass is 15.0. The molecule has 0 spiro atoms. The van der Waals surface area contributed by atoms with Crippen molar-refractivity contribution >= 4 is 60.7 Å². The fourth-order valence-electron chi connectivity index (χ4n) is 7.97. The molecule has 4 heteroatoms. The summed E-state index contributed by atoms with van der Waals surface area (Å²) in [5.41, 5.74) is 20.5. The number of nitrogen functional groups attached to an aromatic ring is 1. The summed E-state index contributed by atoms with van der Waals surface area (Å²) >= 11 is 0. The van der Waals surface area contributed by atoms with Gasteiger partial charge in [0.2, 0.25) is 0 Å².